The maximum absolute atomic E-state index is 12.5. The maximum Gasteiger partial charge on any atom is 0.343 e. The average Bonchev–Trinajstić information content (AvgIpc) is 3.02. The summed E-state index contributed by atoms with van der Waals surface area (Å²) in [4.78, 5) is 33.2. The summed E-state index contributed by atoms with van der Waals surface area (Å²) in [5, 5.41) is 2.80. The van der Waals surface area contributed by atoms with Crippen molar-refractivity contribution in [3.8, 4) is 11.5 Å². The zero-order valence-electron chi connectivity index (χ0n) is 15.3. The molecule has 1 amide bonds. The Bertz CT molecular complexity index is 1080. The van der Waals surface area contributed by atoms with Crippen LogP contribution in [0.25, 0.3) is 11.0 Å². The van der Waals surface area contributed by atoms with E-state index in [2.05, 4.69) is 15.3 Å². The molecule has 2 heterocycles. The summed E-state index contributed by atoms with van der Waals surface area (Å²) < 4.78 is 15.9. The number of rotatable bonds is 5. The molecule has 0 radical (unpaired) electrons. The third kappa shape index (κ3) is 3.09. The first-order valence-corrected chi connectivity index (χ1v) is 8.57. The van der Waals surface area contributed by atoms with Gasteiger partial charge in [-0.2, -0.15) is 0 Å². The highest BCUT2D eigenvalue weighted by Crippen LogP contribution is 2.43. The maximum atomic E-state index is 12.5. The summed E-state index contributed by atoms with van der Waals surface area (Å²) in [7, 11) is 2.94. The van der Waals surface area contributed by atoms with E-state index in [1.807, 2.05) is 0 Å². The molecule has 142 valence electrons. The highest BCUT2D eigenvalue weighted by atomic mass is 16.6. The van der Waals surface area contributed by atoms with Gasteiger partial charge in [-0.15, -0.1) is 0 Å². The number of hydrogen-bond acceptors (Lipinski definition) is 7. The van der Waals surface area contributed by atoms with Gasteiger partial charge in [-0.05, 0) is 24.3 Å². The van der Waals surface area contributed by atoms with Gasteiger partial charge in [0.15, 0.2) is 11.5 Å². The number of anilines is 1. The standard InChI is InChI=1S/C20H17N3O5/c1-26-15-6-4-12-16(28-20(25)18(12)19(15)27-2)10-17(24)23-11-3-5-13-14(9-11)22-8-7-21-13/h3-9,16H,10H2,1-2H3,(H,23,24)/t16-/m1/s1. The van der Waals surface area contributed by atoms with Gasteiger partial charge >= 0.3 is 5.97 Å². The first kappa shape index (κ1) is 17.7. The number of hydrogen-bond donors (Lipinski definition) is 1. The fourth-order valence-corrected chi connectivity index (χ4v) is 3.25. The van der Waals surface area contributed by atoms with Gasteiger partial charge in [0.25, 0.3) is 0 Å². The zero-order chi connectivity index (χ0) is 19.7. The van der Waals surface area contributed by atoms with Gasteiger partial charge in [-0.1, -0.05) is 6.07 Å². The molecule has 3 aromatic rings. The van der Waals surface area contributed by atoms with Gasteiger partial charge in [0, 0.05) is 23.6 Å². The fourth-order valence-electron chi connectivity index (χ4n) is 3.25. The molecule has 1 aromatic heterocycles. The molecule has 28 heavy (non-hydrogen) atoms. The molecule has 0 unspecified atom stereocenters. The van der Waals surface area contributed by atoms with Crippen LogP contribution in [0.3, 0.4) is 0 Å². The van der Waals surface area contributed by atoms with E-state index in [0.29, 0.717) is 33.8 Å². The van der Waals surface area contributed by atoms with Crippen molar-refractivity contribution in [2.75, 3.05) is 19.5 Å². The Kier molecular flexibility index (Phi) is 4.52. The van der Waals surface area contributed by atoms with E-state index in [1.54, 1.807) is 42.7 Å². The van der Waals surface area contributed by atoms with Gasteiger partial charge < -0.3 is 19.5 Å². The van der Waals surface area contributed by atoms with Crippen molar-refractivity contribution >= 4 is 28.6 Å². The van der Waals surface area contributed by atoms with Gasteiger partial charge in [0.1, 0.15) is 11.7 Å². The van der Waals surface area contributed by atoms with Crippen LogP contribution in [-0.2, 0) is 9.53 Å². The normalized spacial score (nSPS) is 15.1. The van der Waals surface area contributed by atoms with Crippen LogP contribution in [0.2, 0.25) is 0 Å². The van der Waals surface area contributed by atoms with Crippen LogP contribution in [0, 0.1) is 0 Å². The van der Waals surface area contributed by atoms with Crippen molar-refractivity contribution in [1.29, 1.82) is 0 Å². The molecule has 8 heteroatoms. The number of carbonyl (C=O) groups is 2. The Morgan fingerprint density at radius 3 is 2.64 bits per heavy atom. The number of cyclic esters (lactones) is 1. The first-order chi connectivity index (χ1) is 13.6. The predicted octanol–water partition coefficient (Wildman–Crippen LogP) is 2.89. The fraction of sp³-hybridized carbons (Fsp3) is 0.200. The lowest BCUT2D eigenvalue weighted by Gasteiger charge is -2.12. The molecule has 1 atom stereocenters. The highest BCUT2D eigenvalue weighted by molar-refractivity contribution is 5.99. The number of nitrogens with zero attached hydrogens (tertiary/aromatic N) is 2. The summed E-state index contributed by atoms with van der Waals surface area (Å²) >= 11 is 0. The molecule has 0 aliphatic carbocycles. The topological polar surface area (TPSA) is 99.6 Å². The van der Waals surface area contributed by atoms with Gasteiger partial charge in [-0.3, -0.25) is 14.8 Å². The van der Waals surface area contributed by atoms with Crippen molar-refractivity contribution in [3.05, 3.63) is 53.9 Å². The summed E-state index contributed by atoms with van der Waals surface area (Å²) in [5.41, 5.74) is 2.90. The Morgan fingerprint density at radius 1 is 1.11 bits per heavy atom. The molecular formula is C20H17N3O5. The Labute approximate surface area is 160 Å². The van der Waals surface area contributed by atoms with Crippen LogP contribution < -0.4 is 14.8 Å². The second-order valence-electron chi connectivity index (χ2n) is 6.17. The third-order valence-electron chi connectivity index (χ3n) is 4.50. The number of aromatic nitrogens is 2. The molecule has 0 saturated carbocycles. The first-order valence-electron chi connectivity index (χ1n) is 8.57. The van der Waals surface area contributed by atoms with E-state index in [-0.39, 0.29) is 12.3 Å². The largest absolute Gasteiger partial charge is 0.493 e. The van der Waals surface area contributed by atoms with Crippen LogP contribution in [-0.4, -0.2) is 36.1 Å². The molecule has 0 bridgehead atoms. The quantitative estimate of drug-likeness (QED) is 0.681. The molecule has 0 spiro atoms. The van der Waals surface area contributed by atoms with E-state index >= 15 is 0 Å². The summed E-state index contributed by atoms with van der Waals surface area (Å²) in [5.74, 6) is -0.0882. The van der Waals surface area contributed by atoms with Crippen LogP contribution in [0.4, 0.5) is 5.69 Å². The average molecular weight is 379 g/mol. The molecule has 4 rings (SSSR count). The minimum Gasteiger partial charge on any atom is -0.493 e. The zero-order valence-corrected chi connectivity index (χ0v) is 15.3. The highest BCUT2D eigenvalue weighted by Gasteiger charge is 2.36. The number of nitrogens with one attached hydrogen (secondary N) is 1. The van der Waals surface area contributed by atoms with Crippen molar-refractivity contribution in [3.63, 3.8) is 0 Å². The molecule has 0 fully saturated rings. The number of ether oxygens (including phenoxy) is 3. The molecular weight excluding hydrogens is 362 g/mol. The Balaban J connectivity index is 1.54. The van der Waals surface area contributed by atoms with E-state index in [9.17, 15) is 9.59 Å². The number of esters is 1. The van der Waals surface area contributed by atoms with Crippen LogP contribution in [0.1, 0.15) is 28.4 Å². The minimum atomic E-state index is -0.692. The lowest BCUT2D eigenvalue weighted by Crippen LogP contribution is -2.15. The number of methoxy groups -OCH3 is 2. The number of carbonyl (C=O) groups excluding carboxylic acids is 2. The summed E-state index contributed by atoms with van der Waals surface area (Å²) in [6.45, 7) is 0. The van der Waals surface area contributed by atoms with E-state index in [1.165, 1.54) is 14.2 Å². The van der Waals surface area contributed by atoms with Crippen LogP contribution in [0.15, 0.2) is 42.7 Å². The Hall–Kier alpha value is -3.68. The van der Waals surface area contributed by atoms with Crippen molar-refractivity contribution in [2.24, 2.45) is 0 Å². The summed E-state index contributed by atoms with van der Waals surface area (Å²) in [6.07, 6.45) is 2.48. The monoisotopic (exact) mass is 379 g/mol. The predicted molar refractivity (Wildman–Crippen MR) is 100 cm³/mol. The second kappa shape index (κ2) is 7.15. The Morgan fingerprint density at radius 2 is 1.89 bits per heavy atom. The van der Waals surface area contributed by atoms with E-state index in [0.717, 1.165) is 5.52 Å². The van der Waals surface area contributed by atoms with Gasteiger partial charge in [0.05, 0.1) is 31.7 Å². The van der Waals surface area contributed by atoms with Crippen molar-refractivity contribution in [2.45, 2.75) is 12.5 Å². The van der Waals surface area contributed by atoms with Gasteiger partial charge in [0.2, 0.25) is 5.91 Å². The lowest BCUT2D eigenvalue weighted by atomic mass is 10.0. The lowest BCUT2D eigenvalue weighted by molar-refractivity contribution is -0.118. The number of fused-ring (bicyclic) bond motifs is 2. The number of amides is 1. The SMILES string of the molecule is COc1ccc2c(c1OC)C(=O)O[C@@H]2CC(=O)Nc1ccc2nccnc2c1. The van der Waals surface area contributed by atoms with Crippen LogP contribution in [0.5, 0.6) is 11.5 Å². The van der Waals surface area contributed by atoms with Gasteiger partial charge in [-0.25, -0.2) is 4.79 Å². The van der Waals surface area contributed by atoms with Crippen molar-refractivity contribution in [1.82, 2.24) is 9.97 Å². The van der Waals surface area contributed by atoms with Crippen LogP contribution >= 0.6 is 0 Å². The van der Waals surface area contributed by atoms with E-state index < -0.39 is 12.1 Å². The molecule has 1 aliphatic heterocycles. The second-order valence-corrected chi connectivity index (χ2v) is 6.17. The molecule has 1 aliphatic rings. The molecule has 0 saturated heterocycles. The molecule has 8 nitrogen and oxygen atoms in total. The van der Waals surface area contributed by atoms with E-state index in [4.69, 9.17) is 14.2 Å². The molecule has 2 aromatic carbocycles. The number of benzene rings is 2. The minimum absolute atomic E-state index is 0.0211. The van der Waals surface area contributed by atoms with Crippen molar-refractivity contribution < 1.29 is 23.8 Å². The third-order valence-corrected chi connectivity index (χ3v) is 4.50. The smallest absolute Gasteiger partial charge is 0.343 e. The molecule has 1 N–H and O–H groups in total. The summed E-state index contributed by atoms with van der Waals surface area (Å²) in [6, 6.07) is 8.66.